The molecule has 1 aromatic heterocycles. The van der Waals surface area contributed by atoms with Crippen LogP contribution < -0.4 is 5.32 Å². The first-order valence-corrected chi connectivity index (χ1v) is 8.32. The van der Waals surface area contributed by atoms with Crippen LogP contribution in [0.3, 0.4) is 0 Å². The van der Waals surface area contributed by atoms with Gasteiger partial charge in [0.05, 0.1) is 5.69 Å². The van der Waals surface area contributed by atoms with E-state index < -0.39 is 0 Å². The van der Waals surface area contributed by atoms with E-state index in [0.29, 0.717) is 5.92 Å². The molecule has 2 heterocycles. The maximum Gasteiger partial charge on any atom is 0.123 e. The lowest BCUT2D eigenvalue weighted by atomic mass is 9.78. The van der Waals surface area contributed by atoms with Crippen molar-refractivity contribution < 1.29 is 4.39 Å². The Morgan fingerprint density at radius 3 is 2.43 bits per heavy atom. The molecular weight excluding hydrogens is 287 g/mol. The van der Waals surface area contributed by atoms with Gasteiger partial charge in [-0.25, -0.2) is 4.39 Å². The summed E-state index contributed by atoms with van der Waals surface area (Å²) in [6.07, 6.45) is 0. The summed E-state index contributed by atoms with van der Waals surface area (Å²) in [5.74, 6) is 0.169. The van der Waals surface area contributed by atoms with Crippen LogP contribution in [0.5, 0.6) is 0 Å². The van der Waals surface area contributed by atoms with Crippen LogP contribution in [0.25, 0.3) is 11.1 Å². The van der Waals surface area contributed by atoms with Crippen molar-refractivity contribution in [2.75, 3.05) is 6.54 Å². The average molecular weight is 312 g/mol. The number of nitrogens with zero attached hydrogens (tertiary/aromatic N) is 1. The number of pyridine rings is 1. The van der Waals surface area contributed by atoms with E-state index >= 15 is 0 Å². The minimum absolute atomic E-state index is 0.000294. The van der Waals surface area contributed by atoms with Crippen molar-refractivity contribution >= 4 is 0 Å². The van der Waals surface area contributed by atoms with Gasteiger partial charge >= 0.3 is 0 Å². The Balaban J connectivity index is 2.33. The zero-order chi connectivity index (χ0) is 16.8. The molecule has 2 aromatic rings. The van der Waals surface area contributed by atoms with Crippen molar-refractivity contribution in [1.29, 1.82) is 0 Å². The van der Waals surface area contributed by atoms with Crippen molar-refractivity contribution in [3.8, 4) is 11.1 Å². The molecule has 0 aliphatic carbocycles. The van der Waals surface area contributed by atoms with Crippen molar-refractivity contribution in [1.82, 2.24) is 10.3 Å². The Kier molecular flexibility index (Phi) is 4.01. The van der Waals surface area contributed by atoms with Gasteiger partial charge in [0.15, 0.2) is 0 Å². The SMILES string of the molecule is Cc1c(C(C)C)nc2c(c1-c1ccc(F)cc1)CNCC2(C)C. The molecule has 3 rings (SSSR count). The number of hydrogen-bond donors (Lipinski definition) is 1. The van der Waals surface area contributed by atoms with Gasteiger partial charge in [-0.1, -0.05) is 39.8 Å². The zero-order valence-corrected chi connectivity index (χ0v) is 14.6. The molecule has 0 atom stereocenters. The summed E-state index contributed by atoms with van der Waals surface area (Å²) in [5, 5.41) is 3.51. The highest BCUT2D eigenvalue weighted by atomic mass is 19.1. The van der Waals surface area contributed by atoms with Crippen LogP contribution >= 0.6 is 0 Å². The summed E-state index contributed by atoms with van der Waals surface area (Å²) >= 11 is 0. The molecule has 1 aliphatic rings. The monoisotopic (exact) mass is 312 g/mol. The summed E-state index contributed by atoms with van der Waals surface area (Å²) < 4.78 is 13.3. The third-order valence-electron chi connectivity index (χ3n) is 4.77. The topological polar surface area (TPSA) is 24.9 Å². The maximum absolute atomic E-state index is 13.3. The van der Waals surface area contributed by atoms with Crippen molar-refractivity contribution in [2.24, 2.45) is 0 Å². The molecule has 1 aliphatic heterocycles. The van der Waals surface area contributed by atoms with Gasteiger partial charge in [-0.2, -0.15) is 0 Å². The number of aromatic nitrogens is 1. The summed E-state index contributed by atoms with van der Waals surface area (Å²) in [5.41, 5.74) is 7.10. The van der Waals surface area contributed by atoms with Crippen molar-refractivity contribution in [2.45, 2.75) is 52.5 Å². The van der Waals surface area contributed by atoms with E-state index in [1.54, 1.807) is 0 Å². The van der Waals surface area contributed by atoms with Gasteiger partial charge in [0.1, 0.15) is 5.82 Å². The van der Waals surface area contributed by atoms with E-state index in [1.807, 2.05) is 12.1 Å². The predicted octanol–water partition coefficient (Wildman–Crippen LogP) is 4.70. The first-order chi connectivity index (χ1) is 10.8. The molecule has 0 saturated carbocycles. The Bertz CT molecular complexity index is 730. The van der Waals surface area contributed by atoms with E-state index in [0.717, 1.165) is 24.3 Å². The Hall–Kier alpha value is -1.74. The van der Waals surface area contributed by atoms with Crippen LogP contribution in [-0.2, 0) is 12.0 Å². The number of rotatable bonds is 2. The minimum atomic E-state index is -0.197. The summed E-state index contributed by atoms with van der Waals surface area (Å²) in [4.78, 5) is 5.05. The number of benzene rings is 1. The highest BCUT2D eigenvalue weighted by Gasteiger charge is 2.32. The summed E-state index contributed by atoms with van der Waals surface area (Å²) in [6, 6.07) is 6.84. The highest BCUT2D eigenvalue weighted by molar-refractivity contribution is 5.73. The minimum Gasteiger partial charge on any atom is -0.312 e. The fraction of sp³-hybridized carbons (Fsp3) is 0.450. The predicted molar refractivity (Wildman–Crippen MR) is 93.2 cm³/mol. The van der Waals surface area contributed by atoms with Crippen LogP contribution in [-0.4, -0.2) is 11.5 Å². The van der Waals surface area contributed by atoms with Crippen LogP contribution in [0.2, 0.25) is 0 Å². The highest BCUT2D eigenvalue weighted by Crippen LogP contribution is 2.39. The first kappa shape index (κ1) is 16.1. The normalized spacial score (nSPS) is 16.5. The van der Waals surface area contributed by atoms with Crippen LogP contribution in [0.15, 0.2) is 24.3 Å². The van der Waals surface area contributed by atoms with E-state index in [4.69, 9.17) is 4.98 Å². The van der Waals surface area contributed by atoms with Gasteiger partial charge in [0.2, 0.25) is 0 Å². The van der Waals surface area contributed by atoms with Crippen LogP contribution in [0, 0.1) is 12.7 Å². The smallest absolute Gasteiger partial charge is 0.123 e. The third kappa shape index (κ3) is 2.78. The fourth-order valence-corrected chi connectivity index (χ4v) is 3.63. The van der Waals surface area contributed by atoms with Crippen molar-refractivity contribution in [3.63, 3.8) is 0 Å². The molecule has 0 unspecified atom stereocenters. The second-order valence-corrected chi connectivity index (χ2v) is 7.47. The lowest BCUT2D eigenvalue weighted by molar-refractivity contribution is 0.420. The molecule has 3 heteroatoms. The molecule has 0 bridgehead atoms. The third-order valence-corrected chi connectivity index (χ3v) is 4.77. The first-order valence-electron chi connectivity index (χ1n) is 8.32. The number of nitrogens with one attached hydrogen (secondary N) is 1. The van der Waals surface area contributed by atoms with Gasteiger partial charge in [-0.15, -0.1) is 0 Å². The van der Waals surface area contributed by atoms with Gasteiger partial charge < -0.3 is 5.32 Å². The van der Waals surface area contributed by atoms with Crippen LogP contribution in [0.1, 0.15) is 56.1 Å². The molecule has 23 heavy (non-hydrogen) atoms. The summed E-state index contributed by atoms with van der Waals surface area (Å²) in [7, 11) is 0. The molecule has 0 spiro atoms. The molecular formula is C20H25FN2. The van der Waals surface area contributed by atoms with Crippen LogP contribution in [0.4, 0.5) is 4.39 Å². The Morgan fingerprint density at radius 2 is 1.83 bits per heavy atom. The second kappa shape index (κ2) is 5.72. The van der Waals surface area contributed by atoms with E-state index in [9.17, 15) is 4.39 Å². The van der Waals surface area contributed by atoms with Gasteiger partial charge in [0.25, 0.3) is 0 Å². The van der Waals surface area contributed by atoms with E-state index in [-0.39, 0.29) is 11.2 Å². The standard InChI is InChI=1S/C20H25FN2/c1-12(2)18-13(3)17(14-6-8-15(21)9-7-14)16-10-22-11-20(4,5)19(16)23-18/h6-9,12,22H,10-11H2,1-5H3. The zero-order valence-electron chi connectivity index (χ0n) is 14.6. The molecule has 0 saturated heterocycles. The Labute approximate surface area is 138 Å². The molecule has 0 amide bonds. The quantitative estimate of drug-likeness (QED) is 0.869. The van der Waals surface area contributed by atoms with Gasteiger partial charge in [-0.05, 0) is 47.2 Å². The van der Waals surface area contributed by atoms with Crippen molar-refractivity contribution in [3.05, 3.63) is 52.6 Å². The molecule has 2 nitrogen and oxygen atoms in total. The number of halogens is 1. The number of hydrogen-bond acceptors (Lipinski definition) is 2. The summed E-state index contributed by atoms with van der Waals surface area (Å²) in [6.45, 7) is 12.7. The lowest BCUT2D eigenvalue weighted by Gasteiger charge is -2.35. The Morgan fingerprint density at radius 1 is 1.17 bits per heavy atom. The van der Waals surface area contributed by atoms with Gasteiger partial charge in [-0.3, -0.25) is 4.98 Å². The fourth-order valence-electron chi connectivity index (χ4n) is 3.63. The van der Waals surface area contributed by atoms with Gasteiger partial charge in [0, 0.05) is 24.2 Å². The molecule has 122 valence electrons. The van der Waals surface area contributed by atoms with E-state index in [1.165, 1.54) is 34.5 Å². The average Bonchev–Trinajstić information content (AvgIpc) is 2.47. The number of fused-ring (bicyclic) bond motifs is 1. The second-order valence-electron chi connectivity index (χ2n) is 7.47. The lowest BCUT2D eigenvalue weighted by Crippen LogP contribution is -2.40. The molecule has 1 aromatic carbocycles. The van der Waals surface area contributed by atoms with E-state index in [2.05, 4.69) is 39.9 Å². The largest absolute Gasteiger partial charge is 0.312 e. The maximum atomic E-state index is 13.3. The molecule has 0 fully saturated rings. The molecule has 1 N–H and O–H groups in total. The molecule has 0 radical (unpaired) electrons.